The van der Waals surface area contributed by atoms with E-state index in [9.17, 15) is 4.79 Å². The topological polar surface area (TPSA) is 55.6 Å². The number of nitrogens with two attached hydrogens (primary N) is 1. The third kappa shape index (κ3) is 3.46. The second-order valence-electron chi connectivity index (χ2n) is 3.76. The zero-order valence-corrected chi connectivity index (χ0v) is 10.5. The molecule has 0 bridgehead atoms. The molecule has 0 aliphatic heterocycles. The van der Waals surface area contributed by atoms with E-state index < -0.39 is 0 Å². The molecule has 0 saturated carbocycles. The predicted molar refractivity (Wildman–Crippen MR) is 69.3 cm³/mol. The Balaban J connectivity index is 3.00. The lowest BCUT2D eigenvalue weighted by atomic mass is 10.2. The average molecular weight is 236 g/mol. The van der Waals surface area contributed by atoms with Gasteiger partial charge in [-0.1, -0.05) is 19.1 Å². The smallest absolute Gasteiger partial charge is 0.227 e. The molecule has 0 aliphatic carbocycles. The number of nitrogens with zero attached hydrogens (tertiary/aromatic N) is 1. The number of rotatable bonds is 6. The molecular weight excluding hydrogens is 216 g/mol. The average Bonchev–Trinajstić information content (AvgIpc) is 2.36. The van der Waals surface area contributed by atoms with E-state index in [-0.39, 0.29) is 5.91 Å². The van der Waals surface area contributed by atoms with Gasteiger partial charge in [0, 0.05) is 19.5 Å². The van der Waals surface area contributed by atoms with Crippen molar-refractivity contribution in [3.63, 3.8) is 0 Å². The third-order valence-electron chi connectivity index (χ3n) is 2.49. The van der Waals surface area contributed by atoms with Gasteiger partial charge in [0.2, 0.25) is 5.91 Å². The summed E-state index contributed by atoms with van der Waals surface area (Å²) in [6.07, 6.45) is 1.35. The van der Waals surface area contributed by atoms with Crippen LogP contribution in [-0.2, 0) is 4.79 Å². The van der Waals surface area contributed by atoms with Gasteiger partial charge in [-0.05, 0) is 18.6 Å². The zero-order valence-electron chi connectivity index (χ0n) is 10.5. The van der Waals surface area contributed by atoms with Crippen molar-refractivity contribution in [2.45, 2.75) is 19.8 Å². The van der Waals surface area contributed by atoms with Gasteiger partial charge in [0.05, 0.1) is 12.8 Å². The number of hydrogen-bond acceptors (Lipinski definition) is 3. The minimum atomic E-state index is 0.0856. The van der Waals surface area contributed by atoms with Gasteiger partial charge in [-0.25, -0.2) is 0 Å². The second kappa shape index (κ2) is 6.91. The number of carbonyl (C=O) groups is 1. The Hall–Kier alpha value is -1.55. The number of carbonyl (C=O) groups excluding carboxylic acids is 1. The van der Waals surface area contributed by atoms with E-state index >= 15 is 0 Å². The summed E-state index contributed by atoms with van der Waals surface area (Å²) in [5, 5.41) is 0. The molecule has 1 aromatic carbocycles. The molecule has 0 aliphatic rings. The molecule has 17 heavy (non-hydrogen) atoms. The summed E-state index contributed by atoms with van der Waals surface area (Å²) < 4.78 is 5.27. The van der Waals surface area contributed by atoms with Gasteiger partial charge in [0.25, 0.3) is 0 Å². The highest BCUT2D eigenvalue weighted by atomic mass is 16.5. The third-order valence-corrected chi connectivity index (χ3v) is 2.49. The van der Waals surface area contributed by atoms with Gasteiger partial charge >= 0.3 is 0 Å². The summed E-state index contributed by atoms with van der Waals surface area (Å²) in [5.74, 6) is 0.785. The van der Waals surface area contributed by atoms with Crippen molar-refractivity contribution >= 4 is 11.6 Å². The number of benzene rings is 1. The highest BCUT2D eigenvalue weighted by molar-refractivity contribution is 5.94. The SMILES string of the molecule is CCCC(=O)N(CCN)c1ccccc1OC. The normalized spacial score (nSPS) is 10.1. The molecule has 1 aromatic rings. The molecule has 0 fully saturated rings. The maximum atomic E-state index is 12.0. The molecule has 0 atom stereocenters. The van der Waals surface area contributed by atoms with Crippen molar-refractivity contribution in [3.8, 4) is 5.75 Å². The van der Waals surface area contributed by atoms with Crippen molar-refractivity contribution in [3.05, 3.63) is 24.3 Å². The van der Waals surface area contributed by atoms with Crippen LogP contribution in [0.3, 0.4) is 0 Å². The van der Waals surface area contributed by atoms with Gasteiger partial charge in [0.1, 0.15) is 5.75 Å². The van der Waals surface area contributed by atoms with E-state index in [0.717, 1.165) is 12.1 Å². The summed E-state index contributed by atoms with van der Waals surface area (Å²) in [4.78, 5) is 13.7. The van der Waals surface area contributed by atoms with Gasteiger partial charge in [0.15, 0.2) is 0 Å². The minimum Gasteiger partial charge on any atom is -0.495 e. The summed E-state index contributed by atoms with van der Waals surface area (Å²) in [6, 6.07) is 7.49. The molecule has 0 spiro atoms. The molecule has 4 heteroatoms. The molecule has 0 saturated heterocycles. The first-order chi connectivity index (χ1) is 8.24. The lowest BCUT2D eigenvalue weighted by Crippen LogP contribution is -2.35. The van der Waals surface area contributed by atoms with Gasteiger partial charge in [-0.3, -0.25) is 4.79 Å². The Morgan fingerprint density at radius 2 is 2.12 bits per heavy atom. The Morgan fingerprint density at radius 1 is 1.41 bits per heavy atom. The van der Waals surface area contributed by atoms with Crippen molar-refractivity contribution in [2.24, 2.45) is 5.73 Å². The molecular formula is C13H20N2O2. The Kier molecular flexibility index (Phi) is 5.49. The van der Waals surface area contributed by atoms with Gasteiger partial charge in [-0.2, -0.15) is 0 Å². The Morgan fingerprint density at radius 3 is 2.71 bits per heavy atom. The van der Waals surface area contributed by atoms with Crippen LogP contribution in [0.5, 0.6) is 5.75 Å². The lowest BCUT2D eigenvalue weighted by Gasteiger charge is -2.23. The van der Waals surface area contributed by atoms with Crippen LogP contribution in [0.15, 0.2) is 24.3 Å². The summed E-state index contributed by atoms with van der Waals surface area (Å²) in [5.41, 5.74) is 6.35. The van der Waals surface area contributed by atoms with Crippen LogP contribution in [-0.4, -0.2) is 26.1 Å². The van der Waals surface area contributed by atoms with Crippen LogP contribution in [0.2, 0.25) is 0 Å². The second-order valence-corrected chi connectivity index (χ2v) is 3.76. The number of anilines is 1. The molecule has 94 valence electrons. The van der Waals surface area contributed by atoms with Crippen molar-refractivity contribution in [1.29, 1.82) is 0 Å². The van der Waals surface area contributed by atoms with Gasteiger partial charge in [-0.15, -0.1) is 0 Å². The monoisotopic (exact) mass is 236 g/mol. The first-order valence-corrected chi connectivity index (χ1v) is 5.88. The Bertz CT molecular complexity index is 366. The molecule has 0 aromatic heterocycles. The fourth-order valence-electron chi connectivity index (χ4n) is 1.71. The van der Waals surface area contributed by atoms with E-state index in [1.165, 1.54) is 0 Å². The number of ether oxygens (including phenoxy) is 1. The standard InChI is InChI=1S/C13H20N2O2/c1-3-6-13(16)15(10-9-14)11-7-4-5-8-12(11)17-2/h4-5,7-8H,3,6,9-10,14H2,1-2H3. The van der Waals surface area contributed by atoms with Crippen LogP contribution in [0.25, 0.3) is 0 Å². The van der Waals surface area contributed by atoms with Crippen molar-refractivity contribution in [2.75, 3.05) is 25.1 Å². The van der Waals surface area contributed by atoms with Crippen molar-refractivity contribution < 1.29 is 9.53 Å². The first-order valence-electron chi connectivity index (χ1n) is 5.88. The lowest BCUT2D eigenvalue weighted by molar-refractivity contribution is -0.118. The molecule has 0 radical (unpaired) electrons. The number of para-hydroxylation sites is 2. The maximum absolute atomic E-state index is 12.0. The van der Waals surface area contributed by atoms with Crippen LogP contribution < -0.4 is 15.4 Å². The quantitative estimate of drug-likeness (QED) is 0.819. The van der Waals surface area contributed by atoms with E-state index in [0.29, 0.717) is 25.3 Å². The molecule has 0 heterocycles. The van der Waals surface area contributed by atoms with Crippen LogP contribution in [0.1, 0.15) is 19.8 Å². The largest absolute Gasteiger partial charge is 0.495 e. The molecule has 1 rings (SSSR count). The van der Waals surface area contributed by atoms with Crippen LogP contribution in [0.4, 0.5) is 5.69 Å². The summed E-state index contributed by atoms with van der Waals surface area (Å²) >= 11 is 0. The molecule has 0 unspecified atom stereocenters. The number of hydrogen-bond donors (Lipinski definition) is 1. The van der Waals surface area contributed by atoms with E-state index in [1.807, 2.05) is 31.2 Å². The highest BCUT2D eigenvalue weighted by Gasteiger charge is 2.17. The minimum absolute atomic E-state index is 0.0856. The number of methoxy groups -OCH3 is 1. The van der Waals surface area contributed by atoms with Gasteiger partial charge < -0.3 is 15.4 Å². The predicted octanol–water partition coefficient (Wildman–Crippen LogP) is 1.79. The van der Waals surface area contributed by atoms with E-state index in [1.54, 1.807) is 12.0 Å². The molecule has 4 nitrogen and oxygen atoms in total. The van der Waals surface area contributed by atoms with Crippen molar-refractivity contribution in [1.82, 2.24) is 0 Å². The molecule has 2 N–H and O–H groups in total. The maximum Gasteiger partial charge on any atom is 0.227 e. The zero-order chi connectivity index (χ0) is 12.7. The van der Waals surface area contributed by atoms with Crippen LogP contribution in [0, 0.1) is 0 Å². The molecule has 1 amide bonds. The number of amides is 1. The Labute approximate surface area is 102 Å². The van der Waals surface area contributed by atoms with E-state index in [4.69, 9.17) is 10.5 Å². The first kappa shape index (κ1) is 13.5. The van der Waals surface area contributed by atoms with Crippen LogP contribution >= 0.6 is 0 Å². The fraction of sp³-hybridized carbons (Fsp3) is 0.462. The summed E-state index contributed by atoms with van der Waals surface area (Å²) in [6.45, 7) is 2.94. The van der Waals surface area contributed by atoms with E-state index in [2.05, 4.69) is 0 Å². The summed E-state index contributed by atoms with van der Waals surface area (Å²) in [7, 11) is 1.60. The highest BCUT2D eigenvalue weighted by Crippen LogP contribution is 2.27. The fourth-order valence-corrected chi connectivity index (χ4v) is 1.71.